The van der Waals surface area contributed by atoms with Gasteiger partial charge in [0.2, 0.25) is 0 Å². The lowest BCUT2D eigenvalue weighted by Gasteiger charge is -2.16. The molecule has 1 N–H and O–H groups in total. The van der Waals surface area contributed by atoms with E-state index in [1.165, 1.54) is 12.0 Å². The predicted molar refractivity (Wildman–Crippen MR) is 63.9 cm³/mol. The largest absolute Gasteiger partial charge is 0.469 e. The molecule has 1 aromatic heterocycles. The Balaban J connectivity index is 2.57. The second kappa shape index (κ2) is 6.46. The third-order valence-corrected chi connectivity index (χ3v) is 2.63. The molecule has 1 unspecified atom stereocenters. The van der Waals surface area contributed by atoms with E-state index in [1.807, 2.05) is 13.0 Å². The van der Waals surface area contributed by atoms with E-state index in [1.54, 1.807) is 6.26 Å². The summed E-state index contributed by atoms with van der Waals surface area (Å²) in [5.41, 5.74) is 1.29. The van der Waals surface area contributed by atoms with Crippen molar-refractivity contribution in [1.29, 1.82) is 0 Å². The Kier molecular flexibility index (Phi) is 5.19. The monoisotopic (exact) mass is 207 g/mol. The minimum atomic E-state index is 0.425. The first-order valence-corrected chi connectivity index (χ1v) is 5.67. The molecule has 2 heteroatoms. The van der Waals surface area contributed by atoms with E-state index in [9.17, 15) is 0 Å². The van der Waals surface area contributed by atoms with Gasteiger partial charge in [-0.15, -0.1) is 6.58 Å². The van der Waals surface area contributed by atoms with Gasteiger partial charge in [0.1, 0.15) is 5.76 Å². The lowest BCUT2D eigenvalue weighted by molar-refractivity contribution is 0.476. The lowest BCUT2D eigenvalue weighted by atomic mass is 10.0. The van der Waals surface area contributed by atoms with Crippen LogP contribution in [0.15, 0.2) is 29.4 Å². The highest BCUT2D eigenvalue weighted by atomic mass is 16.3. The van der Waals surface area contributed by atoms with Gasteiger partial charge < -0.3 is 9.73 Å². The van der Waals surface area contributed by atoms with Crippen LogP contribution < -0.4 is 5.32 Å². The van der Waals surface area contributed by atoms with Gasteiger partial charge in [-0.05, 0) is 38.8 Å². The number of aryl methyl sites for hydroxylation is 1. The van der Waals surface area contributed by atoms with Gasteiger partial charge in [-0.3, -0.25) is 0 Å². The fourth-order valence-electron chi connectivity index (χ4n) is 1.84. The summed E-state index contributed by atoms with van der Waals surface area (Å²) in [6.45, 7) is 8.89. The van der Waals surface area contributed by atoms with Crippen molar-refractivity contribution in [3.63, 3.8) is 0 Å². The van der Waals surface area contributed by atoms with Crippen molar-refractivity contribution in [2.75, 3.05) is 6.54 Å². The molecule has 0 saturated heterocycles. The molecule has 0 saturated carbocycles. The molecule has 0 amide bonds. The van der Waals surface area contributed by atoms with Crippen molar-refractivity contribution in [3.05, 3.63) is 36.3 Å². The molecule has 0 aliphatic carbocycles. The molecule has 0 radical (unpaired) electrons. The summed E-state index contributed by atoms with van der Waals surface area (Å²) in [5, 5.41) is 3.49. The van der Waals surface area contributed by atoms with Crippen LogP contribution in [-0.4, -0.2) is 6.54 Å². The molecule has 1 aromatic rings. The number of hydrogen-bond donors (Lipinski definition) is 1. The summed E-state index contributed by atoms with van der Waals surface area (Å²) in [4.78, 5) is 0. The van der Waals surface area contributed by atoms with Crippen molar-refractivity contribution < 1.29 is 4.42 Å². The molecule has 0 fully saturated rings. The van der Waals surface area contributed by atoms with Gasteiger partial charge in [0.15, 0.2) is 0 Å². The molecule has 0 aliphatic rings. The fraction of sp³-hybridized carbons (Fsp3) is 0.538. The quantitative estimate of drug-likeness (QED) is 0.546. The second-order valence-corrected chi connectivity index (χ2v) is 3.76. The first kappa shape index (κ1) is 12.1. The molecule has 1 heterocycles. The third kappa shape index (κ3) is 3.56. The van der Waals surface area contributed by atoms with E-state index in [-0.39, 0.29) is 0 Å². The molecule has 0 aromatic carbocycles. The minimum Gasteiger partial charge on any atom is -0.469 e. The lowest BCUT2D eigenvalue weighted by Crippen LogP contribution is -2.20. The smallest absolute Gasteiger partial charge is 0.105 e. The van der Waals surface area contributed by atoms with Crippen molar-refractivity contribution in [3.8, 4) is 0 Å². The molecule has 0 spiro atoms. The SMILES string of the molecule is C=CCCCC(NCC)c1ccoc1C. The zero-order valence-electron chi connectivity index (χ0n) is 9.75. The van der Waals surface area contributed by atoms with Crippen LogP contribution in [-0.2, 0) is 0 Å². The van der Waals surface area contributed by atoms with E-state index < -0.39 is 0 Å². The van der Waals surface area contributed by atoms with E-state index in [0.717, 1.165) is 25.1 Å². The predicted octanol–water partition coefficient (Wildman–Crippen LogP) is 3.59. The highest BCUT2D eigenvalue weighted by molar-refractivity contribution is 5.20. The molecular weight excluding hydrogens is 186 g/mol. The summed E-state index contributed by atoms with van der Waals surface area (Å²) < 4.78 is 5.34. The maximum atomic E-state index is 5.34. The molecule has 2 nitrogen and oxygen atoms in total. The fourth-order valence-corrected chi connectivity index (χ4v) is 1.84. The Bertz CT molecular complexity index is 290. The number of unbranched alkanes of at least 4 members (excludes halogenated alkanes) is 1. The van der Waals surface area contributed by atoms with Crippen LogP contribution in [0.3, 0.4) is 0 Å². The number of rotatable bonds is 7. The number of nitrogens with one attached hydrogen (secondary N) is 1. The maximum absolute atomic E-state index is 5.34. The van der Waals surface area contributed by atoms with Gasteiger partial charge >= 0.3 is 0 Å². The van der Waals surface area contributed by atoms with Crippen LogP contribution >= 0.6 is 0 Å². The zero-order chi connectivity index (χ0) is 11.1. The van der Waals surface area contributed by atoms with Gasteiger partial charge in [0.25, 0.3) is 0 Å². The van der Waals surface area contributed by atoms with Gasteiger partial charge in [-0.1, -0.05) is 13.0 Å². The molecule has 1 rings (SSSR count). The first-order chi connectivity index (χ1) is 7.29. The summed E-state index contributed by atoms with van der Waals surface area (Å²) in [5.74, 6) is 1.03. The van der Waals surface area contributed by atoms with E-state index >= 15 is 0 Å². The van der Waals surface area contributed by atoms with Crippen LogP contribution in [0, 0.1) is 6.92 Å². The maximum Gasteiger partial charge on any atom is 0.105 e. The summed E-state index contributed by atoms with van der Waals surface area (Å²) >= 11 is 0. The average molecular weight is 207 g/mol. The number of allylic oxidation sites excluding steroid dienone is 1. The van der Waals surface area contributed by atoms with Crippen molar-refractivity contribution in [2.45, 2.75) is 39.2 Å². The molecule has 1 atom stereocenters. The topological polar surface area (TPSA) is 25.2 Å². The van der Waals surface area contributed by atoms with Crippen molar-refractivity contribution >= 4 is 0 Å². The summed E-state index contributed by atoms with van der Waals surface area (Å²) in [6, 6.07) is 2.49. The molecule has 0 bridgehead atoms. The zero-order valence-corrected chi connectivity index (χ0v) is 9.75. The third-order valence-electron chi connectivity index (χ3n) is 2.63. The Hall–Kier alpha value is -1.02. The molecule has 15 heavy (non-hydrogen) atoms. The Morgan fingerprint density at radius 3 is 2.93 bits per heavy atom. The second-order valence-electron chi connectivity index (χ2n) is 3.76. The highest BCUT2D eigenvalue weighted by Crippen LogP contribution is 2.23. The van der Waals surface area contributed by atoms with E-state index in [4.69, 9.17) is 4.42 Å². The van der Waals surface area contributed by atoms with Gasteiger partial charge in [-0.2, -0.15) is 0 Å². The highest BCUT2D eigenvalue weighted by Gasteiger charge is 2.13. The summed E-state index contributed by atoms with van der Waals surface area (Å²) in [6.07, 6.45) is 7.14. The standard InChI is InChI=1S/C13H21NO/c1-4-6-7-8-13(14-5-2)12-9-10-15-11(12)3/h4,9-10,13-14H,1,5-8H2,2-3H3. The number of furan rings is 1. The normalized spacial score (nSPS) is 12.7. The minimum absolute atomic E-state index is 0.425. The first-order valence-electron chi connectivity index (χ1n) is 5.67. The molecular formula is C13H21NO. The van der Waals surface area contributed by atoms with E-state index in [0.29, 0.717) is 6.04 Å². The van der Waals surface area contributed by atoms with Gasteiger partial charge in [-0.25, -0.2) is 0 Å². The summed E-state index contributed by atoms with van der Waals surface area (Å²) in [7, 11) is 0. The average Bonchev–Trinajstić information content (AvgIpc) is 2.64. The van der Waals surface area contributed by atoms with Crippen LogP contribution in [0.4, 0.5) is 0 Å². The van der Waals surface area contributed by atoms with Crippen LogP contribution in [0.25, 0.3) is 0 Å². The van der Waals surface area contributed by atoms with Crippen LogP contribution in [0.5, 0.6) is 0 Å². The van der Waals surface area contributed by atoms with Crippen LogP contribution in [0.2, 0.25) is 0 Å². The van der Waals surface area contributed by atoms with Crippen molar-refractivity contribution in [1.82, 2.24) is 5.32 Å². The van der Waals surface area contributed by atoms with Gasteiger partial charge in [0.05, 0.1) is 6.26 Å². The molecule has 84 valence electrons. The van der Waals surface area contributed by atoms with Gasteiger partial charge in [0, 0.05) is 11.6 Å². The Morgan fingerprint density at radius 2 is 2.40 bits per heavy atom. The van der Waals surface area contributed by atoms with Crippen molar-refractivity contribution in [2.24, 2.45) is 0 Å². The van der Waals surface area contributed by atoms with Crippen LogP contribution in [0.1, 0.15) is 43.6 Å². The Morgan fingerprint density at radius 1 is 1.60 bits per heavy atom. The number of hydrogen-bond acceptors (Lipinski definition) is 2. The molecule has 0 aliphatic heterocycles. The Labute approximate surface area is 92.4 Å². The van der Waals surface area contributed by atoms with E-state index in [2.05, 4.69) is 24.9 Å².